The normalized spacial score (nSPS) is 28.5. The monoisotopic (exact) mass is 264 g/mol. The molecule has 0 radical (unpaired) electrons. The van der Waals surface area contributed by atoms with Gasteiger partial charge in [-0.15, -0.1) is 0 Å². The lowest BCUT2D eigenvalue weighted by atomic mass is 9.85. The highest BCUT2D eigenvalue weighted by Gasteiger charge is 2.50. The highest BCUT2D eigenvalue weighted by Crippen LogP contribution is 2.43. The van der Waals surface area contributed by atoms with E-state index < -0.39 is 0 Å². The smallest absolute Gasteiger partial charge is 0.295 e. The van der Waals surface area contributed by atoms with E-state index >= 15 is 0 Å². The highest BCUT2D eigenvalue weighted by molar-refractivity contribution is 5.54. The number of anilines is 1. The van der Waals surface area contributed by atoms with Crippen LogP contribution in [0.4, 0.5) is 5.82 Å². The zero-order valence-corrected chi connectivity index (χ0v) is 11.6. The van der Waals surface area contributed by atoms with Gasteiger partial charge in [-0.25, -0.2) is 4.98 Å². The van der Waals surface area contributed by atoms with Gasteiger partial charge in [0, 0.05) is 25.2 Å². The van der Waals surface area contributed by atoms with Crippen LogP contribution in [-0.2, 0) is 0 Å². The number of rotatable bonds is 2. The van der Waals surface area contributed by atoms with Crippen LogP contribution in [0.15, 0.2) is 11.1 Å². The largest absolute Gasteiger partial charge is 0.489 e. The minimum Gasteiger partial charge on any atom is -0.489 e. The van der Waals surface area contributed by atoms with E-state index in [1.807, 2.05) is 0 Å². The quantitative estimate of drug-likeness (QED) is 0.799. The Hall–Kier alpha value is -1.56. The van der Waals surface area contributed by atoms with Crippen molar-refractivity contribution in [2.45, 2.75) is 19.4 Å². The van der Waals surface area contributed by atoms with Crippen molar-refractivity contribution in [1.82, 2.24) is 15.3 Å². The molecule has 6 heteroatoms. The van der Waals surface area contributed by atoms with Crippen molar-refractivity contribution in [3.63, 3.8) is 0 Å². The van der Waals surface area contributed by atoms with Gasteiger partial charge in [0.1, 0.15) is 0 Å². The van der Waals surface area contributed by atoms with Crippen molar-refractivity contribution >= 4 is 5.82 Å². The number of fused-ring (bicyclic) bond motifs is 1. The lowest BCUT2D eigenvalue weighted by Gasteiger charge is -2.36. The molecule has 0 bridgehead atoms. The summed E-state index contributed by atoms with van der Waals surface area (Å²) in [5.74, 6) is 2.16. The van der Waals surface area contributed by atoms with Gasteiger partial charge in [-0.3, -0.25) is 4.79 Å². The molecule has 0 amide bonds. The molecule has 2 saturated heterocycles. The zero-order valence-electron chi connectivity index (χ0n) is 11.6. The summed E-state index contributed by atoms with van der Waals surface area (Å²) in [5.41, 5.74) is -0.249. The van der Waals surface area contributed by atoms with E-state index in [-0.39, 0.29) is 11.1 Å². The first-order valence-corrected chi connectivity index (χ1v) is 6.65. The Labute approximate surface area is 112 Å². The number of methoxy groups -OCH3 is 1. The Morgan fingerprint density at radius 3 is 2.95 bits per heavy atom. The molecule has 19 heavy (non-hydrogen) atoms. The van der Waals surface area contributed by atoms with Crippen LogP contribution >= 0.6 is 0 Å². The molecule has 1 aromatic rings. The molecule has 3 rings (SSSR count). The van der Waals surface area contributed by atoms with Crippen molar-refractivity contribution in [2.24, 2.45) is 11.8 Å². The van der Waals surface area contributed by atoms with Gasteiger partial charge in [0.15, 0.2) is 5.82 Å². The number of nitrogens with zero attached hydrogens (tertiary/aromatic N) is 2. The second-order valence-electron chi connectivity index (χ2n) is 5.88. The van der Waals surface area contributed by atoms with E-state index in [9.17, 15) is 4.79 Å². The van der Waals surface area contributed by atoms with Gasteiger partial charge >= 0.3 is 0 Å². The van der Waals surface area contributed by atoms with Gasteiger partial charge < -0.3 is 19.9 Å². The SMILES string of the molecule is COc1c(N2CC3CNCC3C2(C)C)nc[nH]c1=O. The fraction of sp³-hybridized carbons (Fsp3) is 0.692. The summed E-state index contributed by atoms with van der Waals surface area (Å²) >= 11 is 0. The Balaban J connectivity index is 2.04. The van der Waals surface area contributed by atoms with Crippen LogP contribution in [-0.4, -0.2) is 42.3 Å². The fourth-order valence-corrected chi connectivity index (χ4v) is 3.53. The minimum atomic E-state index is -0.224. The first kappa shape index (κ1) is 12.5. The Morgan fingerprint density at radius 2 is 2.26 bits per heavy atom. The summed E-state index contributed by atoms with van der Waals surface area (Å²) < 4.78 is 5.24. The van der Waals surface area contributed by atoms with E-state index in [1.54, 1.807) is 0 Å². The van der Waals surface area contributed by atoms with Gasteiger partial charge in [0.25, 0.3) is 5.56 Å². The molecule has 0 aliphatic carbocycles. The number of nitrogens with one attached hydrogen (secondary N) is 2. The molecule has 0 aromatic carbocycles. The zero-order chi connectivity index (χ0) is 13.6. The van der Waals surface area contributed by atoms with E-state index in [1.165, 1.54) is 13.4 Å². The molecule has 2 aliphatic rings. The van der Waals surface area contributed by atoms with E-state index in [4.69, 9.17) is 4.74 Å². The molecule has 1 aromatic heterocycles. The summed E-state index contributed by atoms with van der Waals surface area (Å²) in [6.07, 6.45) is 1.45. The third-order valence-electron chi connectivity index (χ3n) is 4.61. The summed E-state index contributed by atoms with van der Waals surface area (Å²) in [5, 5.41) is 3.45. The van der Waals surface area contributed by atoms with Crippen LogP contribution in [0, 0.1) is 11.8 Å². The van der Waals surface area contributed by atoms with Crippen LogP contribution in [0.5, 0.6) is 5.75 Å². The first-order valence-electron chi connectivity index (χ1n) is 6.65. The molecule has 2 aliphatic heterocycles. The molecular weight excluding hydrogens is 244 g/mol. The van der Waals surface area contributed by atoms with Crippen LogP contribution in [0.1, 0.15) is 13.8 Å². The Bertz CT molecular complexity index is 540. The minimum absolute atomic E-state index is 0.0256. The number of aromatic amines is 1. The van der Waals surface area contributed by atoms with Crippen molar-refractivity contribution in [3.8, 4) is 5.75 Å². The molecule has 0 spiro atoms. The number of hydrogen-bond acceptors (Lipinski definition) is 5. The van der Waals surface area contributed by atoms with Crippen molar-refractivity contribution in [2.75, 3.05) is 31.6 Å². The molecule has 3 heterocycles. The van der Waals surface area contributed by atoms with Crippen molar-refractivity contribution < 1.29 is 4.74 Å². The second-order valence-corrected chi connectivity index (χ2v) is 5.88. The number of hydrogen-bond donors (Lipinski definition) is 2. The predicted octanol–water partition coefficient (Wildman–Crippen LogP) is 0.213. The Morgan fingerprint density at radius 1 is 1.47 bits per heavy atom. The molecule has 2 fully saturated rings. The number of H-pyrrole nitrogens is 1. The average molecular weight is 264 g/mol. The molecule has 0 saturated carbocycles. The maximum absolute atomic E-state index is 11.8. The van der Waals surface area contributed by atoms with Crippen LogP contribution in [0.2, 0.25) is 0 Å². The van der Waals surface area contributed by atoms with E-state index in [0.717, 1.165) is 19.6 Å². The highest BCUT2D eigenvalue weighted by atomic mass is 16.5. The molecule has 104 valence electrons. The third-order valence-corrected chi connectivity index (χ3v) is 4.61. The Kier molecular flexibility index (Phi) is 2.78. The lowest BCUT2D eigenvalue weighted by molar-refractivity contribution is 0.351. The second kappa shape index (κ2) is 4.23. The molecule has 2 unspecified atom stereocenters. The average Bonchev–Trinajstić information content (AvgIpc) is 2.92. The van der Waals surface area contributed by atoms with Gasteiger partial charge in [-0.1, -0.05) is 0 Å². The predicted molar refractivity (Wildman–Crippen MR) is 72.7 cm³/mol. The topological polar surface area (TPSA) is 70.2 Å². The fourth-order valence-electron chi connectivity index (χ4n) is 3.53. The molecular formula is C13H20N4O2. The summed E-state index contributed by atoms with van der Waals surface area (Å²) in [4.78, 5) is 20.9. The first-order chi connectivity index (χ1) is 9.05. The summed E-state index contributed by atoms with van der Waals surface area (Å²) in [7, 11) is 1.52. The maximum Gasteiger partial charge on any atom is 0.295 e. The van der Waals surface area contributed by atoms with E-state index in [2.05, 4.69) is 34.0 Å². The van der Waals surface area contributed by atoms with Crippen LogP contribution in [0.3, 0.4) is 0 Å². The maximum atomic E-state index is 11.8. The van der Waals surface area contributed by atoms with Gasteiger partial charge in [0.2, 0.25) is 5.75 Å². The molecule has 6 nitrogen and oxygen atoms in total. The van der Waals surface area contributed by atoms with Crippen molar-refractivity contribution in [1.29, 1.82) is 0 Å². The number of aromatic nitrogens is 2. The van der Waals surface area contributed by atoms with Crippen LogP contribution < -0.4 is 20.5 Å². The summed E-state index contributed by atoms with van der Waals surface area (Å²) in [6, 6.07) is 0. The molecule has 2 atom stereocenters. The van der Waals surface area contributed by atoms with E-state index in [0.29, 0.717) is 23.4 Å². The van der Waals surface area contributed by atoms with Crippen molar-refractivity contribution in [3.05, 3.63) is 16.7 Å². The van der Waals surface area contributed by atoms with Gasteiger partial charge in [-0.2, -0.15) is 0 Å². The van der Waals surface area contributed by atoms with Crippen LogP contribution in [0.25, 0.3) is 0 Å². The third kappa shape index (κ3) is 1.74. The number of ether oxygens (including phenoxy) is 1. The lowest BCUT2D eigenvalue weighted by Crippen LogP contribution is -2.45. The van der Waals surface area contributed by atoms with Gasteiger partial charge in [0.05, 0.1) is 13.4 Å². The summed E-state index contributed by atoms with van der Waals surface area (Å²) in [6.45, 7) is 7.41. The van der Waals surface area contributed by atoms with Gasteiger partial charge in [-0.05, 0) is 25.7 Å². The standard InChI is InChI=1S/C13H20N4O2/c1-13(2)9-5-14-4-8(9)6-17(13)11-10(19-3)12(18)16-7-15-11/h7-9,14H,4-6H2,1-3H3,(H,15,16,18). The molecule has 2 N–H and O–H groups in total.